The topological polar surface area (TPSA) is 25.8 Å². The van der Waals surface area contributed by atoms with Crippen LogP contribution >= 0.6 is 0 Å². The largest absolute Gasteiger partial charge is 0.256 e. The van der Waals surface area contributed by atoms with Crippen molar-refractivity contribution in [3.8, 4) is 33.6 Å². The van der Waals surface area contributed by atoms with Gasteiger partial charge in [0.2, 0.25) is 0 Å². The van der Waals surface area contributed by atoms with E-state index in [2.05, 4.69) is 96.6 Å². The first-order chi connectivity index (χ1) is 12.7. The Morgan fingerprint density at radius 1 is 0.500 bits per heavy atom. The van der Waals surface area contributed by atoms with Crippen molar-refractivity contribution in [2.24, 2.45) is 0 Å². The SMILES string of the molecule is Cc1ccc(-c2cccc(-c3cccc(-c4ccc(C)cn4)c3)c2)nc1. The third-order valence-corrected chi connectivity index (χ3v) is 4.47. The first-order valence-electron chi connectivity index (χ1n) is 8.76. The zero-order valence-corrected chi connectivity index (χ0v) is 15.0. The van der Waals surface area contributed by atoms with Gasteiger partial charge in [0.1, 0.15) is 0 Å². The quantitative estimate of drug-likeness (QED) is 0.452. The lowest BCUT2D eigenvalue weighted by Crippen LogP contribution is -1.87. The summed E-state index contributed by atoms with van der Waals surface area (Å²) in [4.78, 5) is 9.09. The maximum atomic E-state index is 4.55. The monoisotopic (exact) mass is 336 g/mol. The molecule has 0 N–H and O–H groups in total. The van der Waals surface area contributed by atoms with Crippen molar-refractivity contribution in [3.63, 3.8) is 0 Å². The molecule has 0 unspecified atom stereocenters. The molecule has 0 saturated carbocycles. The fraction of sp³-hybridized carbons (Fsp3) is 0.0833. The minimum absolute atomic E-state index is 0.994. The van der Waals surface area contributed by atoms with Crippen LogP contribution in [0.3, 0.4) is 0 Å². The smallest absolute Gasteiger partial charge is 0.0702 e. The Balaban J connectivity index is 1.72. The summed E-state index contributed by atoms with van der Waals surface area (Å²) in [7, 11) is 0. The number of pyridine rings is 2. The van der Waals surface area contributed by atoms with Gasteiger partial charge in [-0.05, 0) is 60.4 Å². The van der Waals surface area contributed by atoms with Gasteiger partial charge in [0.05, 0.1) is 11.4 Å². The van der Waals surface area contributed by atoms with Crippen molar-refractivity contribution in [2.45, 2.75) is 13.8 Å². The predicted molar refractivity (Wildman–Crippen MR) is 108 cm³/mol. The van der Waals surface area contributed by atoms with E-state index in [0.29, 0.717) is 0 Å². The first-order valence-corrected chi connectivity index (χ1v) is 8.76. The maximum absolute atomic E-state index is 4.55. The van der Waals surface area contributed by atoms with Crippen molar-refractivity contribution in [1.82, 2.24) is 9.97 Å². The van der Waals surface area contributed by atoms with Gasteiger partial charge < -0.3 is 0 Å². The number of nitrogens with zero attached hydrogens (tertiary/aromatic N) is 2. The van der Waals surface area contributed by atoms with Crippen LogP contribution in [0.4, 0.5) is 0 Å². The number of hydrogen-bond acceptors (Lipinski definition) is 2. The highest BCUT2D eigenvalue weighted by Gasteiger charge is 2.05. The van der Waals surface area contributed by atoms with Crippen molar-refractivity contribution in [3.05, 3.63) is 96.3 Å². The Hall–Kier alpha value is -3.26. The molecule has 2 aromatic heterocycles. The van der Waals surface area contributed by atoms with E-state index in [4.69, 9.17) is 0 Å². The lowest BCUT2D eigenvalue weighted by molar-refractivity contribution is 1.27. The summed E-state index contributed by atoms with van der Waals surface area (Å²) in [5.74, 6) is 0. The lowest BCUT2D eigenvalue weighted by atomic mass is 9.98. The van der Waals surface area contributed by atoms with Crippen LogP contribution in [-0.2, 0) is 0 Å². The molecule has 0 fully saturated rings. The highest BCUT2D eigenvalue weighted by molar-refractivity contribution is 5.75. The molecule has 0 bridgehead atoms. The number of aryl methyl sites for hydroxylation is 2. The molecule has 0 aliphatic carbocycles. The van der Waals surface area contributed by atoms with Crippen molar-refractivity contribution in [2.75, 3.05) is 0 Å². The highest BCUT2D eigenvalue weighted by Crippen LogP contribution is 2.28. The van der Waals surface area contributed by atoms with Crippen LogP contribution in [0.1, 0.15) is 11.1 Å². The molecule has 0 atom stereocenters. The van der Waals surface area contributed by atoms with Gasteiger partial charge in [-0.1, -0.05) is 48.5 Å². The molecule has 2 heteroatoms. The first kappa shape index (κ1) is 16.2. The van der Waals surface area contributed by atoms with Gasteiger partial charge in [0, 0.05) is 23.5 Å². The molecule has 4 aromatic rings. The van der Waals surface area contributed by atoms with E-state index in [9.17, 15) is 0 Å². The van der Waals surface area contributed by atoms with Crippen LogP contribution < -0.4 is 0 Å². The predicted octanol–water partition coefficient (Wildman–Crippen LogP) is 6.09. The normalized spacial score (nSPS) is 10.7. The third-order valence-electron chi connectivity index (χ3n) is 4.47. The molecule has 126 valence electrons. The van der Waals surface area contributed by atoms with Gasteiger partial charge in [0.15, 0.2) is 0 Å². The molecule has 0 saturated heterocycles. The third kappa shape index (κ3) is 3.40. The summed E-state index contributed by atoms with van der Waals surface area (Å²) in [6, 6.07) is 25.4. The van der Waals surface area contributed by atoms with E-state index in [1.54, 1.807) is 0 Å². The van der Waals surface area contributed by atoms with Crippen LogP contribution in [-0.4, -0.2) is 9.97 Å². The summed E-state index contributed by atoms with van der Waals surface area (Å²) in [5.41, 5.74) is 8.94. The van der Waals surface area contributed by atoms with Gasteiger partial charge in [0.25, 0.3) is 0 Å². The zero-order valence-electron chi connectivity index (χ0n) is 15.0. The van der Waals surface area contributed by atoms with E-state index in [0.717, 1.165) is 22.5 Å². The van der Waals surface area contributed by atoms with Gasteiger partial charge in [-0.15, -0.1) is 0 Å². The molecular weight excluding hydrogens is 316 g/mol. The van der Waals surface area contributed by atoms with E-state index in [1.165, 1.54) is 22.3 Å². The molecule has 4 rings (SSSR count). The molecular formula is C24H20N2. The zero-order chi connectivity index (χ0) is 17.9. The Labute approximate surface area is 154 Å². The summed E-state index contributed by atoms with van der Waals surface area (Å²) in [5, 5.41) is 0. The minimum Gasteiger partial charge on any atom is -0.256 e. The molecule has 2 heterocycles. The average molecular weight is 336 g/mol. The molecule has 0 aliphatic heterocycles. The van der Waals surface area contributed by atoms with Crippen LogP contribution in [0.5, 0.6) is 0 Å². The van der Waals surface area contributed by atoms with Gasteiger partial charge in [-0.3, -0.25) is 9.97 Å². The Bertz CT molecular complexity index is 945. The van der Waals surface area contributed by atoms with Crippen molar-refractivity contribution < 1.29 is 0 Å². The molecule has 0 radical (unpaired) electrons. The van der Waals surface area contributed by atoms with Crippen LogP contribution in [0, 0.1) is 13.8 Å². The molecule has 26 heavy (non-hydrogen) atoms. The van der Waals surface area contributed by atoms with E-state index >= 15 is 0 Å². The lowest BCUT2D eigenvalue weighted by Gasteiger charge is -2.08. The van der Waals surface area contributed by atoms with E-state index in [1.807, 2.05) is 12.4 Å². The molecule has 0 aliphatic rings. The van der Waals surface area contributed by atoms with E-state index < -0.39 is 0 Å². The minimum atomic E-state index is 0.994. The Morgan fingerprint density at radius 2 is 0.923 bits per heavy atom. The molecule has 2 aromatic carbocycles. The summed E-state index contributed by atoms with van der Waals surface area (Å²) in [6.45, 7) is 4.11. The number of hydrogen-bond donors (Lipinski definition) is 0. The number of rotatable bonds is 3. The summed E-state index contributed by atoms with van der Waals surface area (Å²) in [6.07, 6.45) is 3.82. The Morgan fingerprint density at radius 3 is 1.31 bits per heavy atom. The van der Waals surface area contributed by atoms with Crippen LogP contribution in [0.25, 0.3) is 33.6 Å². The highest BCUT2D eigenvalue weighted by atomic mass is 14.7. The molecule has 0 amide bonds. The van der Waals surface area contributed by atoms with Gasteiger partial charge in [-0.25, -0.2) is 0 Å². The van der Waals surface area contributed by atoms with Crippen LogP contribution in [0.2, 0.25) is 0 Å². The van der Waals surface area contributed by atoms with Gasteiger partial charge >= 0.3 is 0 Å². The van der Waals surface area contributed by atoms with Crippen molar-refractivity contribution in [1.29, 1.82) is 0 Å². The Kier molecular flexibility index (Phi) is 4.32. The van der Waals surface area contributed by atoms with E-state index in [-0.39, 0.29) is 0 Å². The standard InChI is InChI=1S/C24H20N2/c1-17-9-11-23(25-15-17)21-7-3-5-19(13-21)20-6-4-8-22(14-20)24-12-10-18(2)16-26-24/h3-16H,1-2H3. The fourth-order valence-corrected chi connectivity index (χ4v) is 2.99. The molecule has 2 nitrogen and oxygen atoms in total. The average Bonchev–Trinajstić information content (AvgIpc) is 2.69. The second-order valence-electron chi connectivity index (χ2n) is 6.60. The number of benzene rings is 2. The maximum Gasteiger partial charge on any atom is 0.0702 e. The fourth-order valence-electron chi connectivity index (χ4n) is 2.99. The second kappa shape index (κ2) is 6.93. The second-order valence-corrected chi connectivity index (χ2v) is 6.60. The number of aromatic nitrogens is 2. The summed E-state index contributed by atoms with van der Waals surface area (Å²) < 4.78 is 0. The molecule has 0 spiro atoms. The van der Waals surface area contributed by atoms with Crippen LogP contribution in [0.15, 0.2) is 85.2 Å². The van der Waals surface area contributed by atoms with Gasteiger partial charge in [-0.2, -0.15) is 0 Å². The van der Waals surface area contributed by atoms with Crippen molar-refractivity contribution >= 4 is 0 Å². The summed E-state index contributed by atoms with van der Waals surface area (Å²) >= 11 is 0.